The molecule has 0 bridgehead atoms. The van der Waals surface area contributed by atoms with E-state index in [2.05, 4.69) is 41.2 Å². The molecule has 1 aliphatic rings. The Morgan fingerprint density at radius 3 is 2.83 bits per heavy atom. The maximum Gasteiger partial charge on any atom is 0.253 e. The van der Waals surface area contributed by atoms with Gasteiger partial charge < -0.3 is 0 Å². The van der Waals surface area contributed by atoms with Gasteiger partial charge in [-0.05, 0) is 31.0 Å². The molecule has 6 heteroatoms. The van der Waals surface area contributed by atoms with Crippen LogP contribution in [0.25, 0.3) is 0 Å². The maximum absolute atomic E-state index is 12.5. The van der Waals surface area contributed by atoms with E-state index in [1.807, 2.05) is 4.57 Å². The van der Waals surface area contributed by atoms with Gasteiger partial charge in [-0.3, -0.25) is 19.2 Å². The molecule has 1 aliphatic heterocycles. The topological polar surface area (TPSA) is 41.4 Å². The van der Waals surface area contributed by atoms with Crippen molar-refractivity contribution < 1.29 is 0 Å². The first kappa shape index (κ1) is 17.3. The number of hydrogen-bond acceptors (Lipinski definition) is 5. The lowest BCUT2D eigenvalue weighted by atomic mass is 10.3. The molecule has 0 saturated carbocycles. The normalized spacial score (nSPS) is 15.5. The van der Waals surface area contributed by atoms with Crippen LogP contribution in [0.4, 0.5) is 0 Å². The van der Waals surface area contributed by atoms with Crippen molar-refractivity contribution in [3.63, 3.8) is 0 Å². The van der Waals surface area contributed by atoms with Crippen LogP contribution in [-0.4, -0.2) is 39.0 Å². The minimum atomic E-state index is 0.0973. The molecule has 2 aromatic rings. The average Bonchev–Trinajstić information content (AvgIpc) is 2.99. The van der Waals surface area contributed by atoms with Crippen molar-refractivity contribution in [2.45, 2.75) is 46.4 Å². The van der Waals surface area contributed by atoms with Crippen molar-refractivity contribution in [3.8, 4) is 0 Å². The van der Waals surface area contributed by atoms with Gasteiger partial charge in [-0.25, -0.2) is 4.98 Å². The summed E-state index contributed by atoms with van der Waals surface area (Å²) in [6, 6.07) is 5.99. The maximum atomic E-state index is 12.5. The highest BCUT2D eigenvalue weighted by Crippen LogP contribution is 2.16. The van der Waals surface area contributed by atoms with Crippen molar-refractivity contribution in [2.75, 3.05) is 19.6 Å². The molecular formula is C18H26N4OS. The molecule has 0 atom stereocenters. The third-order valence-corrected chi connectivity index (χ3v) is 5.46. The molecule has 130 valence electrons. The number of aromatic nitrogens is 2. The lowest BCUT2D eigenvalue weighted by Gasteiger charge is -2.20. The van der Waals surface area contributed by atoms with Gasteiger partial charge in [-0.2, -0.15) is 0 Å². The molecule has 5 nitrogen and oxygen atoms in total. The highest BCUT2D eigenvalue weighted by Gasteiger charge is 2.18. The minimum Gasteiger partial charge on any atom is -0.298 e. The van der Waals surface area contributed by atoms with Crippen LogP contribution in [0.2, 0.25) is 0 Å². The number of rotatable bonds is 6. The second-order valence-corrected chi connectivity index (χ2v) is 7.29. The van der Waals surface area contributed by atoms with Gasteiger partial charge >= 0.3 is 0 Å². The highest BCUT2D eigenvalue weighted by atomic mass is 32.1. The zero-order valence-electron chi connectivity index (χ0n) is 14.6. The molecule has 0 aromatic carbocycles. The largest absolute Gasteiger partial charge is 0.298 e. The van der Waals surface area contributed by atoms with Crippen molar-refractivity contribution in [1.82, 2.24) is 19.4 Å². The zero-order chi connectivity index (χ0) is 16.9. The summed E-state index contributed by atoms with van der Waals surface area (Å²) in [6.45, 7) is 10.4. The Bertz CT molecular complexity index is 706. The molecule has 2 aromatic heterocycles. The number of hydrogen-bond donors (Lipinski definition) is 0. The fourth-order valence-electron chi connectivity index (χ4n) is 3.21. The molecule has 0 fully saturated rings. The van der Waals surface area contributed by atoms with E-state index in [1.54, 1.807) is 17.4 Å². The molecule has 3 rings (SSSR count). The molecule has 24 heavy (non-hydrogen) atoms. The summed E-state index contributed by atoms with van der Waals surface area (Å²) < 4.78 is 1.86. The summed E-state index contributed by atoms with van der Waals surface area (Å²) in [4.78, 5) is 23.4. The fourth-order valence-corrected chi connectivity index (χ4v) is 3.96. The lowest BCUT2D eigenvalue weighted by Crippen LogP contribution is -2.29. The van der Waals surface area contributed by atoms with E-state index in [9.17, 15) is 4.79 Å². The second kappa shape index (κ2) is 8.05. The Morgan fingerprint density at radius 2 is 2.12 bits per heavy atom. The predicted octanol–water partition coefficient (Wildman–Crippen LogP) is 2.55. The quantitative estimate of drug-likeness (QED) is 0.806. The van der Waals surface area contributed by atoms with Gasteiger partial charge in [0.2, 0.25) is 0 Å². The Hall–Kier alpha value is -1.50. The molecule has 0 amide bonds. The molecule has 0 N–H and O–H groups in total. The predicted molar refractivity (Wildman–Crippen MR) is 98.2 cm³/mol. The van der Waals surface area contributed by atoms with Gasteiger partial charge in [-0.1, -0.05) is 19.9 Å². The summed E-state index contributed by atoms with van der Waals surface area (Å²) >= 11 is 1.79. The summed E-state index contributed by atoms with van der Waals surface area (Å²) in [5.74, 6) is 0.915. The molecule has 0 spiro atoms. The first-order valence-corrected chi connectivity index (χ1v) is 9.64. The van der Waals surface area contributed by atoms with Crippen LogP contribution in [0, 0.1) is 0 Å². The van der Waals surface area contributed by atoms with Crippen LogP contribution in [-0.2, 0) is 26.2 Å². The standard InChI is InChI=1S/C18H26N4OS/c1-3-20(4-2)12-15-11-18(23)22-9-6-8-21(14-17(22)19-15)13-16-7-5-10-24-16/h5,7,10-11H,3-4,6,8-9,12-14H2,1-2H3. The van der Waals surface area contributed by atoms with Crippen molar-refractivity contribution in [3.05, 3.63) is 50.3 Å². The third kappa shape index (κ3) is 4.12. The summed E-state index contributed by atoms with van der Waals surface area (Å²) in [5, 5.41) is 2.12. The van der Waals surface area contributed by atoms with Gasteiger partial charge in [0, 0.05) is 37.1 Å². The van der Waals surface area contributed by atoms with Gasteiger partial charge in [0.15, 0.2) is 0 Å². The Labute approximate surface area is 147 Å². The highest BCUT2D eigenvalue weighted by molar-refractivity contribution is 7.09. The summed E-state index contributed by atoms with van der Waals surface area (Å²) in [7, 11) is 0. The molecule has 0 aliphatic carbocycles. The van der Waals surface area contributed by atoms with Crippen LogP contribution in [0.5, 0.6) is 0 Å². The van der Waals surface area contributed by atoms with Crippen LogP contribution < -0.4 is 5.56 Å². The van der Waals surface area contributed by atoms with Crippen LogP contribution >= 0.6 is 11.3 Å². The van der Waals surface area contributed by atoms with Crippen molar-refractivity contribution >= 4 is 11.3 Å². The molecule has 0 unspecified atom stereocenters. The van der Waals surface area contributed by atoms with Gasteiger partial charge in [0.05, 0.1) is 12.2 Å². The molecular weight excluding hydrogens is 320 g/mol. The van der Waals surface area contributed by atoms with E-state index >= 15 is 0 Å². The van der Waals surface area contributed by atoms with E-state index < -0.39 is 0 Å². The van der Waals surface area contributed by atoms with Crippen LogP contribution in [0.3, 0.4) is 0 Å². The van der Waals surface area contributed by atoms with Gasteiger partial charge in [-0.15, -0.1) is 11.3 Å². The van der Waals surface area contributed by atoms with Crippen LogP contribution in [0.15, 0.2) is 28.4 Å². The third-order valence-electron chi connectivity index (χ3n) is 4.60. The van der Waals surface area contributed by atoms with Crippen molar-refractivity contribution in [1.29, 1.82) is 0 Å². The van der Waals surface area contributed by atoms with E-state index in [4.69, 9.17) is 4.98 Å². The van der Waals surface area contributed by atoms with Crippen LogP contribution in [0.1, 0.15) is 36.7 Å². The monoisotopic (exact) mass is 346 g/mol. The Morgan fingerprint density at radius 1 is 1.29 bits per heavy atom. The summed E-state index contributed by atoms with van der Waals surface area (Å²) in [6.07, 6.45) is 0.995. The Balaban J connectivity index is 1.81. The zero-order valence-corrected chi connectivity index (χ0v) is 15.4. The van der Waals surface area contributed by atoms with Crippen molar-refractivity contribution in [2.24, 2.45) is 0 Å². The number of nitrogens with zero attached hydrogens (tertiary/aromatic N) is 4. The smallest absolute Gasteiger partial charge is 0.253 e. The lowest BCUT2D eigenvalue weighted by molar-refractivity contribution is 0.259. The number of thiophene rings is 1. The van der Waals surface area contributed by atoms with Gasteiger partial charge in [0.1, 0.15) is 5.82 Å². The second-order valence-electron chi connectivity index (χ2n) is 6.26. The number of fused-ring (bicyclic) bond motifs is 1. The van der Waals surface area contributed by atoms with E-state index in [-0.39, 0.29) is 5.56 Å². The Kier molecular flexibility index (Phi) is 5.81. The fraction of sp³-hybridized carbons (Fsp3) is 0.556. The van der Waals surface area contributed by atoms with E-state index in [1.165, 1.54) is 4.88 Å². The first-order chi connectivity index (χ1) is 11.7. The van der Waals surface area contributed by atoms with E-state index in [0.717, 1.165) is 63.8 Å². The van der Waals surface area contributed by atoms with E-state index in [0.29, 0.717) is 0 Å². The van der Waals surface area contributed by atoms with Gasteiger partial charge in [0.25, 0.3) is 5.56 Å². The molecule has 3 heterocycles. The average molecular weight is 347 g/mol. The molecule has 0 saturated heterocycles. The summed E-state index contributed by atoms with van der Waals surface area (Å²) in [5.41, 5.74) is 0.994. The SMILES string of the molecule is CCN(CC)Cc1cc(=O)n2c(n1)CN(Cc1cccs1)CCC2. The first-order valence-electron chi connectivity index (χ1n) is 8.76. The molecule has 0 radical (unpaired) electrons. The minimum absolute atomic E-state index is 0.0973.